The van der Waals surface area contributed by atoms with E-state index in [2.05, 4.69) is 26.0 Å². The molecule has 0 aliphatic carbocycles. The molecule has 0 saturated carbocycles. The normalized spacial score (nSPS) is 17.4. The van der Waals surface area contributed by atoms with Crippen LogP contribution in [0.25, 0.3) is 0 Å². The maximum absolute atomic E-state index is 11.8. The van der Waals surface area contributed by atoms with E-state index in [4.69, 9.17) is 0 Å². The second-order valence-electron chi connectivity index (χ2n) is 3.43. The minimum atomic E-state index is -3.36. The van der Waals surface area contributed by atoms with Crippen LogP contribution in [0.4, 0.5) is 0 Å². The summed E-state index contributed by atoms with van der Waals surface area (Å²) < 4.78 is 27.0. The van der Waals surface area contributed by atoms with Gasteiger partial charge >= 0.3 is 0 Å². The number of nitrogens with one attached hydrogen (secondary N) is 2. The number of hydrogen-bond acceptors (Lipinski definition) is 3. The largest absolute Gasteiger partial charge is 0.313 e. The molecule has 1 aromatic rings. The van der Waals surface area contributed by atoms with Crippen LogP contribution in [0.2, 0.25) is 0 Å². The van der Waals surface area contributed by atoms with Crippen molar-refractivity contribution >= 4 is 26.0 Å². The Labute approximate surface area is 97.2 Å². The third kappa shape index (κ3) is 2.57. The molecule has 0 spiro atoms. The molecule has 1 aliphatic rings. The van der Waals surface area contributed by atoms with E-state index in [9.17, 15) is 8.42 Å². The van der Waals surface area contributed by atoms with Crippen LogP contribution in [-0.4, -0.2) is 27.5 Å². The summed E-state index contributed by atoms with van der Waals surface area (Å²) in [5.41, 5.74) is 0. The molecule has 0 unspecified atom stereocenters. The highest BCUT2D eigenvalue weighted by molar-refractivity contribution is 9.10. The zero-order chi connectivity index (χ0) is 10.9. The van der Waals surface area contributed by atoms with E-state index in [1.807, 2.05) is 0 Å². The highest BCUT2D eigenvalue weighted by Crippen LogP contribution is 2.16. The number of benzene rings is 1. The number of sulfonamides is 1. The van der Waals surface area contributed by atoms with E-state index in [-0.39, 0.29) is 6.04 Å². The van der Waals surface area contributed by atoms with Crippen LogP contribution >= 0.6 is 15.9 Å². The third-order valence-electron chi connectivity index (χ3n) is 2.21. The molecule has 82 valence electrons. The van der Waals surface area contributed by atoms with Crippen LogP contribution in [0.3, 0.4) is 0 Å². The van der Waals surface area contributed by atoms with Gasteiger partial charge in [-0.3, -0.25) is 0 Å². The number of halogens is 1. The second-order valence-corrected chi connectivity index (χ2v) is 6.06. The van der Waals surface area contributed by atoms with E-state index in [1.54, 1.807) is 24.3 Å². The third-order valence-corrected chi connectivity index (χ3v) is 4.22. The van der Waals surface area contributed by atoms with E-state index in [0.29, 0.717) is 18.0 Å². The summed E-state index contributed by atoms with van der Waals surface area (Å²) in [7, 11) is -3.36. The Bertz CT molecular complexity index is 457. The fraction of sp³-hybridized carbons (Fsp3) is 0.333. The predicted molar refractivity (Wildman–Crippen MR) is 61.1 cm³/mol. The maximum atomic E-state index is 11.8. The van der Waals surface area contributed by atoms with Gasteiger partial charge in [0, 0.05) is 23.6 Å². The van der Waals surface area contributed by atoms with Gasteiger partial charge in [-0.1, -0.05) is 22.0 Å². The summed E-state index contributed by atoms with van der Waals surface area (Å²) in [6.07, 6.45) is 0. The van der Waals surface area contributed by atoms with Gasteiger partial charge in [0.05, 0.1) is 4.90 Å². The van der Waals surface area contributed by atoms with Crippen molar-refractivity contribution in [3.8, 4) is 0 Å². The van der Waals surface area contributed by atoms with Crippen molar-refractivity contribution in [1.82, 2.24) is 10.0 Å². The first kappa shape index (κ1) is 11.1. The molecule has 2 N–H and O–H groups in total. The first-order valence-corrected chi connectivity index (χ1v) is 6.84. The van der Waals surface area contributed by atoms with Crippen LogP contribution in [0.5, 0.6) is 0 Å². The molecule has 1 fully saturated rings. The molecule has 0 bridgehead atoms. The van der Waals surface area contributed by atoms with E-state index < -0.39 is 10.0 Å². The Balaban J connectivity index is 2.20. The van der Waals surface area contributed by atoms with Gasteiger partial charge in [0.15, 0.2) is 0 Å². The Morgan fingerprint density at radius 3 is 2.67 bits per heavy atom. The molecule has 6 heteroatoms. The van der Waals surface area contributed by atoms with E-state index in [1.165, 1.54) is 0 Å². The molecular formula is C9H11BrN2O2S. The molecular weight excluding hydrogens is 280 g/mol. The Kier molecular flexibility index (Phi) is 3.11. The summed E-state index contributed by atoms with van der Waals surface area (Å²) in [4.78, 5) is 0.295. The van der Waals surface area contributed by atoms with Gasteiger partial charge in [-0.25, -0.2) is 13.1 Å². The molecule has 0 amide bonds. The fourth-order valence-corrected chi connectivity index (χ4v) is 3.13. The van der Waals surface area contributed by atoms with Crippen molar-refractivity contribution in [2.24, 2.45) is 0 Å². The summed E-state index contributed by atoms with van der Waals surface area (Å²) in [5.74, 6) is 0. The summed E-state index contributed by atoms with van der Waals surface area (Å²) in [5, 5.41) is 3.01. The molecule has 1 heterocycles. The summed E-state index contributed by atoms with van der Waals surface area (Å²) in [6, 6.07) is 6.70. The van der Waals surface area contributed by atoms with Gasteiger partial charge < -0.3 is 5.32 Å². The molecule has 0 atom stereocenters. The molecule has 1 saturated heterocycles. The molecule has 1 aliphatic heterocycles. The van der Waals surface area contributed by atoms with Crippen molar-refractivity contribution in [3.05, 3.63) is 28.7 Å². The van der Waals surface area contributed by atoms with Crippen molar-refractivity contribution < 1.29 is 8.42 Å². The van der Waals surface area contributed by atoms with Crippen LogP contribution in [0, 0.1) is 0 Å². The van der Waals surface area contributed by atoms with E-state index >= 15 is 0 Å². The predicted octanol–water partition coefficient (Wildman–Crippen LogP) is 0.699. The molecule has 4 nitrogen and oxygen atoms in total. The highest BCUT2D eigenvalue weighted by atomic mass is 79.9. The highest BCUT2D eigenvalue weighted by Gasteiger charge is 2.24. The Morgan fingerprint density at radius 1 is 1.40 bits per heavy atom. The standard InChI is InChI=1S/C9H11BrN2O2S/c10-7-2-1-3-9(4-7)15(13,14)12-8-5-11-6-8/h1-4,8,11-12H,5-6H2. The average Bonchev–Trinajstić information content (AvgIpc) is 2.12. The quantitative estimate of drug-likeness (QED) is 0.862. The molecule has 1 aromatic carbocycles. The SMILES string of the molecule is O=S(=O)(NC1CNC1)c1cccc(Br)c1. The zero-order valence-corrected chi connectivity index (χ0v) is 10.3. The topological polar surface area (TPSA) is 58.2 Å². The monoisotopic (exact) mass is 290 g/mol. The van der Waals surface area contributed by atoms with Gasteiger partial charge in [0.1, 0.15) is 0 Å². The van der Waals surface area contributed by atoms with Crippen LogP contribution in [0.1, 0.15) is 0 Å². The lowest BCUT2D eigenvalue weighted by Gasteiger charge is -2.27. The maximum Gasteiger partial charge on any atom is 0.240 e. The van der Waals surface area contributed by atoms with Gasteiger partial charge in [-0.2, -0.15) is 0 Å². The lowest BCUT2D eigenvalue weighted by Crippen LogP contribution is -2.56. The lowest BCUT2D eigenvalue weighted by atomic mass is 10.2. The minimum Gasteiger partial charge on any atom is -0.313 e. The van der Waals surface area contributed by atoms with Gasteiger partial charge in [0.2, 0.25) is 10.0 Å². The van der Waals surface area contributed by atoms with Crippen molar-refractivity contribution in [2.75, 3.05) is 13.1 Å². The Morgan fingerprint density at radius 2 is 2.13 bits per heavy atom. The summed E-state index contributed by atoms with van der Waals surface area (Å²) >= 11 is 3.25. The van der Waals surface area contributed by atoms with Gasteiger partial charge in [0.25, 0.3) is 0 Å². The van der Waals surface area contributed by atoms with Crippen molar-refractivity contribution in [3.63, 3.8) is 0 Å². The molecule has 0 radical (unpaired) electrons. The van der Waals surface area contributed by atoms with Crippen molar-refractivity contribution in [2.45, 2.75) is 10.9 Å². The first-order valence-electron chi connectivity index (χ1n) is 4.56. The Hall–Kier alpha value is -0.430. The fourth-order valence-electron chi connectivity index (χ4n) is 1.29. The lowest BCUT2D eigenvalue weighted by molar-refractivity contribution is 0.410. The summed E-state index contributed by atoms with van der Waals surface area (Å²) in [6.45, 7) is 1.40. The smallest absolute Gasteiger partial charge is 0.240 e. The molecule has 2 rings (SSSR count). The number of hydrogen-bond donors (Lipinski definition) is 2. The molecule has 0 aromatic heterocycles. The minimum absolute atomic E-state index is 0.0222. The first-order chi connectivity index (χ1) is 7.08. The molecule has 15 heavy (non-hydrogen) atoms. The average molecular weight is 291 g/mol. The van der Waals surface area contributed by atoms with Crippen LogP contribution in [-0.2, 0) is 10.0 Å². The zero-order valence-electron chi connectivity index (χ0n) is 7.90. The van der Waals surface area contributed by atoms with Crippen molar-refractivity contribution in [1.29, 1.82) is 0 Å². The van der Waals surface area contributed by atoms with Crippen LogP contribution in [0.15, 0.2) is 33.6 Å². The number of rotatable bonds is 3. The van der Waals surface area contributed by atoms with Gasteiger partial charge in [-0.05, 0) is 18.2 Å². The second kappa shape index (κ2) is 4.21. The van der Waals surface area contributed by atoms with E-state index in [0.717, 1.165) is 4.47 Å². The van der Waals surface area contributed by atoms with Gasteiger partial charge in [-0.15, -0.1) is 0 Å². The van der Waals surface area contributed by atoms with Crippen LogP contribution < -0.4 is 10.0 Å².